The van der Waals surface area contributed by atoms with Gasteiger partial charge in [0.2, 0.25) is 0 Å². The molecule has 0 bridgehead atoms. The molecular formula is C10H11F4NO. The van der Waals surface area contributed by atoms with Gasteiger partial charge in [-0.05, 0) is 6.07 Å². The highest BCUT2D eigenvalue weighted by Gasteiger charge is 2.26. The molecule has 2 nitrogen and oxygen atoms in total. The fourth-order valence-electron chi connectivity index (χ4n) is 1.14. The topological polar surface area (TPSA) is 21.3 Å². The van der Waals surface area contributed by atoms with Gasteiger partial charge in [0.25, 0.3) is 0 Å². The fourth-order valence-corrected chi connectivity index (χ4v) is 1.14. The average molecular weight is 237 g/mol. The van der Waals surface area contributed by atoms with Crippen molar-refractivity contribution in [1.82, 2.24) is 5.32 Å². The maximum Gasteiger partial charge on any atom is 0.401 e. The molecule has 90 valence electrons. The molecule has 0 saturated carbocycles. The van der Waals surface area contributed by atoms with E-state index in [0.717, 1.165) is 6.07 Å². The van der Waals surface area contributed by atoms with E-state index in [0.29, 0.717) is 5.75 Å². The number of nitrogens with one attached hydrogen (secondary N) is 1. The van der Waals surface area contributed by atoms with E-state index >= 15 is 0 Å². The molecule has 0 spiro atoms. The Bertz CT molecular complexity index is 351. The average Bonchev–Trinajstić information content (AvgIpc) is 2.18. The Morgan fingerprint density at radius 3 is 2.50 bits per heavy atom. The number of hydrogen-bond acceptors (Lipinski definition) is 2. The van der Waals surface area contributed by atoms with Crippen molar-refractivity contribution in [3.8, 4) is 5.75 Å². The van der Waals surface area contributed by atoms with Crippen LogP contribution in [0.3, 0.4) is 0 Å². The van der Waals surface area contributed by atoms with E-state index in [1.165, 1.54) is 19.2 Å². The molecule has 1 rings (SSSR count). The summed E-state index contributed by atoms with van der Waals surface area (Å²) in [6, 6.07) is 4.01. The highest BCUT2D eigenvalue weighted by Crippen LogP contribution is 2.17. The van der Waals surface area contributed by atoms with Gasteiger partial charge in [-0.2, -0.15) is 13.2 Å². The Hall–Kier alpha value is -1.30. The predicted octanol–water partition coefficient (Wildman–Crippen LogP) is 2.49. The number of halogens is 4. The predicted molar refractivity (Wildman–Crippen MR) is 50.7 cm³/mol. The van der Waals surface area contributed by atoms with E-state index in [-0.39, 0.29) is 12.1 Å². The van der Waals surface area contributed by atoms with Crippen LogP contribution < -0.4 is 10.1 Å². The molecule has 0 aliphatic heterocycles. The molecule has 0 unspecified atom stereocenters. The second-order valence-corrected chi connectivity index (χ2v) is 3.18. The van der Waals surface area contributed by atoms with Gasteiger partial charge in [-0.15, -0.1) is 0 Å². The van der Waals surface area contributed by atoms with Crippen LogP contribution in [0.4, 0.5) is 17.6 Å². The molecule has 0 aliphatic carbocycles. The molecule has 0 aromatic heterocycles. The van der Waals surface area contributed by atoms with Crippen molar-refractivity contribution >= 4 is 0 Å². The number of rotatable bonds is 4. The minimum atomic E-state index is -4.29. The Balaban J connectivity index is 2.55. The third kappa shape index (κ3) is 4.06. The van der Waals surface area contributed by atoms with Crippen molar-refractivity contribution < 1.29 is 22.3 Å². The molecule has 6 heteroatoms. The summed E-state index contributed by atoms with van der Waals surface area (Å²) >= 11 is 0. The quantitative estimate of drug-likeness (QED) is 0.812. The van der Waals surface area contributed by atoms with Crippen LogP contribution >= 0.6 is 0 Å². The van der Waals surface area contributed by atoms with E-state index in [4.69, 9.17) is 4.74 Å². The SMILES string of the molecule is COc1ccc(CNCC(F)(F)F)c(F)c1. The molecule has 1 aromatic rings. The normalized spacial score (nSPS) is 11.6. The fraction of sp³-hybridized carbons (Fsp3) is 0.400. The molecule has 1 N–H and O–H groups in total. The van der Waals surface area contributed by atoms with E-state index in [1.807, 2.05) is 0 Å². The highest BCUT2D eigenvalue weighted by atomic mass is 19.4. The molecule has 0 fully saturated rings. The first-order valence-corrected chi connectivity index (χ1v) is 4.52. The van der Waals surface area contributed by atoms with Crippen LogP contribution in [0.5, 0.6) is 5.75 Å². The van der Waals surface area contributed by atoms with E-state index in [1.54, 1.807) is 0 Å². The van der Waals surface area contributed by atoms with Crippen molar-refractivity contribution in [2.24, 2.45) is 0 Å². The number of ether oxygens (including phenoxy) is 1. The third-order valence-electron chi connectivity index (χ3n) is 1.90. The summed E-state index contributed by atoms with van der Waals surface area (Å²) in [5.41, 5.74) is 0.171. The minimum absolute atomic E-state index is 0.171. The first-order valence-electron chi connectivity index (χ1n) is 4.52. The van der Waals surface area contributed by atoms with E-state index in [2.05, 4.69) is 5.32 Å². The Morgan fingerprint density at radius 2 is 2.00 bits per heavy atom. The molecule has 0 heterocycles. The zero-order valence-electron chi connectivity index (χ0n) is 8.57. The smallest absolute Gasteiger partial charge is 0.401 e. The standard InChI is InChI=1S/C10H11F4NO/c1-16-8-3-2-7(9(11)4-8)5-15-6-10(12,13)14/h2-4,15H,5-6H2,1H3. The number of hydrogen-bond donors (Lipinski definition) is 1. The minimum Gasteiger partial charge on any atom is -0.497 e. The molecule has 0 amide bonds. The van der Waals surface area contributed by atoms with Gasteiger partial charge >= 0.3 is 6.18 Å². The van der Waals surface area contributed by atoms with Crippen LogP contribution in [0, 0.1) is 5.82 Å². The lowest BCUT2D eigenvalue weighted by atomic mass is 10.2. The first-order chi connectivity index (χ1) is 7.42. The van der Waals surface area contributed by atoms with Gasteiger partial charge in [0.15, 0.2) is 0 Å². The summed E-state index contributed by atoms with van der Waals surface area (Å²) in [5, 5.41) is 2.11. The molecule has 1 aromatic carbocycles. The monoisotopic (exact) mass is 237 g/mol. The highest BCUT2D eigenvalue weighted by molar-refractivity contribution is 5.28. The van der Waals surface area contributed by atoms with Crippen molar-refractivity contribution in [3.63, 3.8) is 0 Å². The zero-order valence-corrected chi connectivity index (χ0v) is 8.57. The van der Waals surface area contributed by atoms with Crippen LogP contribution in [0.2, 0.25) is 0 Å². The van der Waals surface area contributed by atoms with Gasteiger partial charge < -0.3 is 10.1 Å². The van der Waals surface area contributed by atoms with E-state index in [9.17, 15) is 17.6 Å². The summed E-state index contributed by atoms with van der Waals surface area (Å²) in [7, 11) is 1.39. The second-order valence-electron chi connectivity index (χ2n) is 3.18. The van der Waals surface area contributed by atoms with Gasteiger partial charge in [0.1, 0.15) is 11.6 Å². The van der Waals surface area contributed by atoms with Crippen LogP contribution in [0.1, 0.15) is 5.56 Å². The molecule has 0 saturated heterocycles. The van der Waals surface area contributed by atoms with Gasteiger partial charge in [-0.3, -0.25) is 0 Å². The summed E-state index contributed by atoms with van der Waals surface area (Å²) in [4.78, 5) is 0. The second kappa shape index (κ2) is 5.16. The van der Waals surface area contributed by atoms with Crippen molar-refractivity contribution in [3.05, 3.63) is 29.6 Å². The molecule has 0 radical (unpaired) electrons. The Morgan fingerprint density at radius 1 is 1.31 bits per heavy atom. The third-order valence-corrected chi connectivity index (χ3v) is 1.90. The van der Waals surface area contributed by atoms with Gasteiger partial charge in [-0.1, -0.05) is 6.07 Å². The summed E-state index contributed by atoms with van der Waals surface area (Å²) in [6.07, 6.45) is -4.29. The first kappa shape index (κ1) is 12.8. The molecule has 0 atom stereocenters. The van der Waals surface area contributed by atoms with Gasteiger partial charge in [0, 0.05) is 18.2 Å². The lowest BCUT2D eigenvalue weighted by Crippen LogP contribution is -2.28. The van der Waals surface area contributed by atoms with Crippen LogP contribution in [0.15, 0.2) is 18.2 Å². The number of methoxy groups -OCH3 is 1. The van der Waals surface area contributed by atoms with Crippen LogP contribution in [0.25, 0.3) is 0 Å². The van der Waals surface area contributed by atoms with Gasteiger partial charge in [-0.25, -0.2) is 4.39 Å². The lowest BCUT2D eigenvalue weighted by Gasteiger charge is -2.09. The number of benzene rings is 1. The lowest BCUT2D eigenvalue weighted by molar-refractivity contribution is -0.125. The summed E-state index contributed by atoms with van der Waals surface area (Å²) in [5.74, 6) is -0.258. The maximum atomic E-state index is 13.3. The van der Waals surface area contributed by atoms with Crippen LogP contribution in [-0.2, 0) is 6.54 Å². The van der Waals surface area contributed by atoms with Crippen molar-refractivity contribution in [1.29, 1.82) is 0 Å². The van der Waals surface area contributed by atoms with Crippen LogP contribution in [-0.4, -0.2) is 19.8 Å². The largest absolute Gasteiger partial charge is 0.497 e. The summed E-state index contributed by atoms with van der Waals surface area (Å²) < 4.78 is 53.4. The number of alkyl halides is 3. The van der Waals surface area contributed by atoms with Crippen molar-refractivity contribution in [2.45, 2.75) is 12.7 Å². The zero-order chi connectivity index (χ0) is 12.2. The molecule has 16 heavy (non-hydrogen) atoms. The Kier molecular flexibility index (Phi) is 4.12. The maximum absolute atomic E-state index is 13.3. The molecule has 0 aliphatic rings. The van der Waals surface area contributed by atoms with E-state index < -0.39 is 18.5 Å². The van der Waals surface area contributed by atoms with Crippen molar-refractivity contribution in [2.75, 3.05) is 13.7 Å². The van der Waals surface area contributed by atoms with Gasteiger partial charge in [0.05, 0.1) is 13.7 Å². The summed E-state index contributed by atoms with van der Waals surface area (Å²) in [6.45, 7) is -1.31. The Labute approximate surface area is 90.2 Å². The molecular weight excluding hydrogens is 226 g/mol.